The summed E-state index contributed by atoms with van der Waals surface area (Å²) in [7, 11) is 5.92. The maximum atomic E-state index is 12.9. The van der Waals surface area contributed by atoms with Crippen LogP contribution >= 0.6 is 0 Å². The van der Waals surface area contributed by atoms with Gasteiger partial charge in [-0.1, -0.05) is 259 Å². The molecule has 0 aliphatic rings. The highest BCUT2D eigenvalue weighted by atomic mass is 16.7. The van der Waals surface area contributed by atoms with Crippen molar-refractivity contribution in [2.45, 2.75) is 283 Å². The molecular formula is C70H121NO8. The second kappa shape index (κ2) is 60.3. The van der Waals surface area contributed by atoms with Gasteiger partial charge in [0.2, 0.25) is 0 Å². The molecule has 0 amide bonds. The van der Waals surface area contributed by atoms with Crippen LogP contribution in [0.3, 0.4) is 0 Å². The van der Waals surface area contributed by atoms with Crippen molar-refractivity contribution in [2.24, 2.45) is 0 Å². The molecule has 0 saturated carbocycles. The fraction of sp³-hybridized carbons (Fsp3) is 0.729. The van der Waals surface area contributed by atoms with Crippen molar-refractivity contribution in [1.29, 1.82) is 0 Å². The van der Waals surface area contributed by atoms with Crippen molar-refractivity contribution in [3.63, 3.8) is 0 Å². The minimum Gasteiger partial charge on any atom is -0.545 e. The van der Waals surface area contributed by atoms with Gasteiger partial charge in [0.1, 0.15) is 13.2 Å². The summed E-state index contributed by atoms with van der Waals surface area (Å²) in [5, 5.41) is 11.8. The summed E-state index contributed by atoms with van der Waals surface area (Å²) in [6.45, 7) is 4.64. The Labute approximate surface area is 486 Å². The highest BCUT2D eigenvalue weighted by Gasteiger charge is 2.22. The van der Waals surface area contributed by atoms with Crippen LogP contribution in [0.5, 0.6) is 0 Å². The summed E-state index contributed by atoms with van der Waals surface area (Å²) in [4.78, 5) is 37.4. The van der Waals surface area contributed by atoms with E-state index in [0.717, 1.165) is 83.5 Å². The first kappa shape index (κ1) is 75.2. The molecule has 0 aromatic heterocycles. The number of unbranched alkanes of at least 4 members (excludes halogenated alkanes) is 28. The molecule has 0 N–H and O–H groups in total. The van der Waals surface area contributed by atoms with E-state index in [1.807, 2.05) is 21.1 Å². The topological polar surface area (TPSA) is 111 Å². The van der Waals surface area contributed by atoms with Gasteiger partial charge in [-0.3, -0.25) is 9.59 Å². The van der Waals surface area contributed by atoms with Gasteiger partial charge >= 0.3 is 11.9 Å². The van der Waals surface area contributed by atoms with E-state index >= 15 is 0 Å². The summed E-state index contributed by atoms with van der Waals surface area (Å²) in [5.74, 6) is -2.28. The monoisotopic (exact) mass is 1100 g/mol. The molecule has 0 spiro atoms. The van der Waals surface area contributed by atoms with Crippen molar-refractivity contribution in [3.8, 4) is 0 Å². The molecule has 0 fully saturated rings. The Morgan fingerprint density at radius 2 is 0.722 bits per heavy atom. The average Bonchev–Trinajstić information content (AvgIpc) is 3.42. The fourth-order valence-corrected chi connectivity index (χ4v) is 8.87. The number of allylic oxidation sites excluding steroid dienone is 16. The number of esters is 2. The van der Waals surface area contributed by atoms with Crippen molar-refractivity contribution < 1.29 is 42.9 Å². The third-order valence-corrected chi connectivity index (χ3v) is 13.8. The first-order valence-electron chi connectivity index (χ1n) is 32.4. The normalized spacial score (nSPS) is 13.4. The molecule has 0 radical (unpaired) electrons. The molecule has 0 saturated heterocycles. The maximum absolute atomic E-state index is 12.9. The molecule has 9 heteroatoms. The van der Waals surface area contributed by atoms with Crippen molar-refractivity contribution in [3.05, 3.63) is 97.2 Å². The number of aliphatic carboxylic acids is 1. The molecule has 0 bridgehead atoms. The zero-order valence-corrected chi connectivity index (χ0v) is 51.7. The molecule has 0 aromatic carbocycles. The van der Waals surface area contributed by atoms with Crippen LogP contribution < -0.4 is 5.11 Å². The minimum absolute atomic E-state index is 0.144. The standard InChI is InChI=1S/C70H121NO8/c1-6-8-10-12-14-16-18-20-22-24-26-27-28-29-30-31-32-33-34-35-36-37-38-39-40-41-43-45-47-49-51-53-55-57-59-61-68(73)79-66(65-78-70(69(74)75)76-63-62-71(3,4)5)64-77-67(72)60-58-56-54-52-50-48-46-44-42-25-23-21-19-17-15-13-11-9-7-2/h8,10,14,16,20-23,26-27,29-30,32-33,35-36,66,70H,6-7,9,11-13,15,17-19,24-25,28,31,34,37-65H2,1-5H3/b10-8-,16-14-,22-20-,23-21-,27-26-,30-29-,33-32-,36-35-. The van der Waals surface area contributed by atoms with Gasteiger partial charge in [0, 0.05) is 12.8 Å². The van der Waals surface area contributed by atoms with Crippen LogP contribution in [0.2, 0.25) is 0 Å². The molecule has 454 valence electrons. The van der Waals surface area contributed by atoms with Crippen LogP contribution in [-0.2, 0) is 33.3 Å². The van der Waals surface area contributed by atoms with Crippen LogP contribution in [-0.4, -0.2) is 82.3 Å². The first-order valence-corrected chi connectivity index (χ1v) is 32.4. The average molecular weight is 1100 g/mol. The lowest BCUT2D eigenvalue weighted by molar-refractivity contribution is -0.870. The quantitative estimate of drug-likeness (QED) is 0.0195. The van der Waals surface area contributed by atoms with Gasteiger partial charge in [0.05, 0.1) is 40.3 Å². The summed E-state index contributed by atoms with van der Waals surface area (Å²) in [6.07, 6.45) is 79.0. The summed E-state index contributed by atoms with van der Waals surface area (Å²) in [5.41, 5.74) is 0. The molecule has 0 rings (SSSR count). The number of carbonyl (C=O) groups excluding carboxylic acids is 3. The Hall–Kier alpha value is -3.79. The Balaban J connectivity index is 4.15. The van der Waals surface area contributed by atoms with E-state index in [9.17, 15) is 19.5 Å². The Bertz CT molecular complexity index is 1620. The third-order valence-electron chi connectivity index (χ3n) is 13.8. The molecule has 0 aliphatic carbocycles. The summed E-state index contributed by atoms with van der Waals surface area (Å²) < 4.78 is 22.8. The van der Waals surface area contributed by atoms with Crippen LogP contribution in [0, 0.1) is 0 Å². The number of nitrogens with zero attached hydrogens (tertiary/aromatic N) is 1. The number of rotatable bonds is 59. The minimum atomic E-state index is -1.63. The molecule has 0 aromatic rings. The zero-order valence-electron chi connectivity index (χ0n) is 51.7. The van der Waals surface area contributed by atoms with Crippen LogP contribution in [0.1, 0.15) is 271 Å². The Kier molecular flexibility index (Phi) is 57.4. The van der Waals surface area contributed by atoms with Gasteiger partial charge in [0.15, 0.2) is 12.4 Å². The van der Waals surface area contributed by atoms with E-state index in [1.165, 1.54) is 154 Å². The van der Waals surface area contributed by atoms with Crippen molar-refractivity contribution >= 4 is 17.9 Å². The molecule has 79 heavy (non-hydrogen) atoms. The number of carboxylic acids is 1. The van der Waals surface area contributed by atoms with E-state index in [4.69, 9.17) is 18.9 Å². The highest BCUT2D eigenvalue weighted by Crippen LogP contribution is 2.16. The predicted molar refractivity (Wildman–Crippen MR) is 334 cm³/mol. The largest absolute Gasteiger partial charge is 0.545 e. The molecule has 9 nitrogen and oxygen atoms in total. The zero-order chi connectivity index (χ0) is 57.6. The second-order valence-electron chi connectivity index (χ2n) is 22.7. The lowest BCUT2D eigenvalue weighted by atomic mass is 10.0. The molecule has 2 unspecified atom stereocenters. The lowest BCUT2D eigenvalue weighted by Gasteiger charge is -2.26. The maximum Gasteiger partial charge on any atom is 0.306 e. The molecular weight excluding hydrogens is 983 g/mol. The molecule has 0 heterocycles. The van der Waals surface area contributed by atoms with Crippen LogP contribution in [0.15, 0.2) is 97.2 Å². The summed E-state index contributed by atoms with van der Waals surface area (Å²) in [6, 6.07) is 0. The Morgan fingerprint density at radius 1 is 0.392 bits per heavy atom. The first-order chi connectivity index (χ1) is 38.6. The number of hydrogen-bond acceptors (Lipinski definition) is 8. The van der Waals surface area contributed by atoms with Gasteiger partial charge in [-0.25, -0.2) is 0 Å². The van der Waals surface area contributed by atoms with Crippen LogP contribution in [0.4, 0.5) is 0 Å². The van der Waals surface area contributed by atoms with Gasteiger partial charge in [-0.15, -0.1) is 0 Å². The van der Waals surface area contributed by atoms with Crippen LogP contribution in [0.25, 0.3) is 0 Å². The number of hydrogen-bond donors (Lipinski definition) is 0. The number of carboxylic acid groups (broad SMARTS) is 1. The van der Waals surface area contributed by atoms with E-state index in [0.29, 0.717) is 17.4 Å². The fourth-order valence-electron chi connectivity index (χ4n) is 8.87. The molecule has 0 aliphatic heterocycles. The third kappa shape index (κ3) is 61.7. The van der Waals surface area contributed by atoms with Gasteiger partial charge in [-0.05, 0) is 96.3 Å². The van der Waals surface area contributed by atoms with Gasteiger partial charge in [-0.2, -0.15) is 0 Å². The number of quaternary nitrogens is 1. The van der Waals surface area contributed by atoms with Gasteiger partial charge in [0.25, 0.3) is 0 Å². The van der Waals surface area contributed by atoms with Gasteiger partial charge < -0.3 is 33.3 Å². The number of carbonyl (C=O) groups is 3. The number of ether oxygens (including phenoxy) is 4. The van der Waals surface area contributed by atoms with Crippen molar-refractivity contribution in [1.82, 2.24) is 0 Å². The second-order valence-corrected chi connectivity index (χ2v) is 22.7. The van der Waals surface area contributed by atoms with E-state index in [-0.39, 0.29) is 38.6 Å². The highest BCUT2D eigenvalue weighted by molar-refractivity contribution is 5.70. The van der Waals surface area contributed by atoms with E-state index in [1.54, 1.807) is 0 Å². The predicted octanol–water partition coefficient (Wildman–Crippen LogP) is 18.4. The Morgan fingerprint density at radius 3 is 1.09 bits per heavy atom. The smallest absolute Gasteiger partial charge is 0.306 e. The number of likely N-dealkylation sites (N-methyl/N-ethyl adjacent to an activating group) is 1. The molecule has 2 atom stereocenters. The summed E-state index contributed by atoms with van der Waals surface area (Å²) >= 11 is 0. The van der Waals surface area contributed by atoms with E-state index in [2.05, 4.69) is 111 Å². The lowest BCUT2D eigenvalue weighted by Crippen LogP contribution is -2.44. The van der Waals surface area contributed by atoms with E-state index < -0.39 is 24.3 Å². The SMILES string of the molecule is CC/C=C\C/C=C\C/C=C\C/C=C\C/C=C\C/C=C\C/C=C\CCCCCCCCCCCCCCCC(=O)OC(COC(=O)CCCCCCCCCCC/C=C\CCCCCCCC)COC(OCC[N+](C)(C)C)C(=O)[O-]. The van der Waals surface area contributed by atoms with Crippen molar-refractivity contribution in [2.75, 3.05) is 47.5 Å².